The van der Waals surface area contributed by atoms with E-state index in [-0.39, 0.29) is 11.9 Å². The van der Waals surface area contributed by atoms with Crippen LogP contribution in [0.4, 0.5) is 0 Å². The summed E-state index contributed by atoms with van der Waals surface area (Å²) in [7, 11) is 0. The second-order valence-corrected chi connectivity index (χ2v) is 6.57. The van der Waals surface area contributed by atoms with Crippen LogP contribution in [0.1, 0.15) is 12.0 Å². The fourth-order valence-corrected chi connectivity index (χ4v) is 3.17. The maximum Gasteiger partial charge on any atom is 0.251 e. The molecule has 1 atom stereocenters. The standard InChI is InChI=1S/C15H17N5OS2/c1-23-7-4-12-14(21)20(15(22)18-12)9-11-2-3-13(17-8-11)19-6-5-16-10-19/h2-3,5-6,8,10,12H,4,7,9H2,1H3,(H,18,22). The van der Waals surface area contributed by atoms with E-state index >= 15 is 0 Å². The van der Waals surface area contributed by atoms with Crippen LogP contribution in [0.15, 0.2) is 37.1 Å². The first-order valence-corrected chi connectivity index (χ1v) is 9.03. The molecule has 0 bridgehead atoms. The Balaban J connectivity index is 1.67. The Labute approximate surface area is 144 Å². The summed E-state index contributed by atoms with van der Waals surface area (Å²) >= 11 is 7.02. The number of aromatic nitrogens is 3. The van der Waals surface area contributed by atoms with Crippen molar-refractivity contribution in [2.45, 2.75) is 19.0 Å². The van der Waals surface area contributed by atoms with E-state index in [4.69, 9.17) is 12.2 Å². The quantitative estimate of drug-likeness (QED) is 0.801. The number of imidazole rings is 1. The van der Waals surface area contributed by atoms with Crippen molar-refractivity contribution < 1.29 is 4.79 Å². The minimum absolute atomic E-state index is 0.0442. The largest absolute Gasteiger partial charge is 0.350 e. The molecular formula is C15H17N5OS2. The third-order valence-corrected chi connectivity index (χ3v) is 4.62. The minimum atomic E-state index is -0.201. The molecule has 0 radical (unpaired) electrons. The first kappa shape index (κ1) is 15.9. The van der Waals surface area contributed by atoms with E-state index in [0.29, 0.717) is 11.7 Å². The minimum Gasteiger partial charge on any atom is -0.350 e. The highest BCUT2D eigenvalue weighted by Crippen LogP contribution is 2.16. The van der Waals surface area contributed by atoms with Gasteiger partial charge < -0.3 is 5.32 Å². The number of nitrogens with one attached hydrogen (secondary N) is 1. The van der Waals surface area contributed by atoms with Crippen LogP contribution in [0.2, 0.25) is 0 Å². The van der Waals surface area contributed by atoms with Gasteiger partial charge in [0.25, 0.3) is 5.91 Å². The highest BCUT2D eigenvalue weighted by Gasteiger charge is 2.34. The number of hydrogen-bond acceptors (Lipinski definition) is 5. The van der Waals surface area contributed by atoms with Crippen molar-refractivity contribution in [3.05, 3.63) is 42.6 Å². The average molecular weight is 347 g/mol. The number of nitrogens with zero attached hydrogens (tertiary/aromatic N) is 4. The number of rotatable bonds is 6. The van der Waals surface area contributed by atoms with Crippen molar-refractivity contribution in [3.8, 4) is 5.82 Å². The predicted octanol–water partition coefficient (Wildman–Crippen LogP) is 1.61. The Hall–Kier alpha value is -1.93. The van der Waals surface area contributed by atoms with E-state index in [1.165, 1.54) is 0 Å². The summed E-state index contributed by atoms with van der Waals surface area (Å²) in [4.78, 5) is 22.4. The smallest absolute Gasteiger partial charge is 0.251 e. The van der Waals surface area contributed by atoms with Crippen molar-refractivity contribution in [1.82, 2.24) is 24.8 Å². The maximum atomic E-state index is 12.4. The number of hydrogen-bond donors (Lipinski definition) is 1. The van der Waals surface area contributed by atoms with Crippen molar-refractivity contribution in [2.75, 3.05) is 12.0 Å². The molecule has 2 aromatic heterocycles. The lowest BCUT2D eigenvalue weighted by Crippen LogP contribution is -2.31. The molecule has 2 aromatic rings. The van der Waals surface area contributed by atoms with Crippen LogP contribution >= 0.6 is 24.0 Å². The number of carbonyl (C=O) groups excluding carboxylic acids is 1. The SMILES string of the molecule is CSCCC1NC(=S)N(Cc2ccc(-n3ccnc3)nc2)C1=O. The monoisotopic (exact) mass is 347 g/mol. The molecule has 120 valence electrons. The first-order valence-electron chi connectivity index (χ1n) is 7.23. The van der Waals surface area contributed by atoms with E-state index < -0.39 is 0 Å². The Bertz CT molecular complexity index is 686. The van der Waals surface area contributed by atoms with Crippen molar-refractivity contribution in [3.63, 3.8) is 0 Å². The Morgan fingerprint density at radius 3 is 2.96 bits per heavy atom. The molecule has 0 saturated carbocycles. The molecule has 3 heterocycles. The van der Waals surface area contributed by atoms with Gasteiger partial charge in [0.05, 0.1) is 6.54 Å². The zero-order valence-electron chi connectivity index (χ0n) is 12.7. The number of carbonyl (C=O) groups is 1. The van der Waals surface area contributed by atoms with Gasteiger partial charge in [-0.25, -0.2) is 9.97 Å². The van der Waals surface area contributed by atoms with Crippen molar-refractivity contribution in [2.24, 2.45) is 0 Å². The van der Waals surface area contributed by atoms with E-state index in [1.54, 1.807) is 35.4 Å². The van der Waals surface area contributed by atoms with Gasteiger partial charge >= 0.3 is 0 Å². The topological polar surface area (TPSA) is 63.1 Å². The average Bonchev–Trinajstić information content (AvgIpc) is 3.18. The molecule has 23 heavy (non-hydrogen) atoms. The molecule has 1 fully saturated rings. The highest BCUT2D eigenvalue weighted by atomic mass is 32.2. The number of thiocarbonyl (C=S) groups is 1. The number of amides is 1. The molecule has 0 aliphatic carbocycles. The first-order chi connectivity index (χ1) is 11.2. The zero-order chi connectivity index (χ0) is 16.2. The molecule has 0 aromatic carbocycles. The van der Waals surface area contributed by atoms with Gasteiger partial charge in [0, 0.05) is 18.6 Å². The summed E-state index contributed by atoms with van der Waals surface area (Å²) in [5.74, 6) is 1.77. The Morgan fingerprint density at radius 1 is 1.43 bits per heavy atom. The van der Waals surface area contributed by atoms with E-state index in [9.17, 15) is 4.79 Å². The fourth-order valence-electron chi connectivity index (χ4n) is 2.40. The van der Waals surface area contributed by atoms with Crippen LogP contribution in [-0.4, -0.2) is 48.5 Å². The normalized spacial score (nSPS) is 17.6. The van der Waals surface area contributed by atoms with Gasteiger partial charge in [-0.15, -0.1) is 0 Å². The molecule has 1 unspecified atom stereocenters. The summed E-state index contributed by atoms with van der Waals surface area (Å²) in [6.45, 7) is 0.442. The van der Waals surface area contributed by atoms with Gasteiger partial charge in [-0.05, 0) is 42.3 Å². The van der Waals surface area contributed by atoms with Gasteiger partial charge in [-0.3, -0.25) is 14.3 Å². The second-order valence-electron chi connectivity index (χ2n) is 5.20. The highest BCUT2D eigenvalue weighted by molar-refractivity contribution is 7.98. The summed E-state index contributed by atoms with van der Waals surface area (Å²) in [6.07, 6.45) is 9.82. The Kier molecular flexibility index (Phi) is 4.92. The van der Waals surface area contributed by atoms with Crippen LogP contribution in [-0.2, 0) is 11.3 Å². The molecule has 0 spiro atoms. The lowest BCUT2D eigenvalue weighted by Gasteiger charge is -2.15. The van der Waals surface area contributed by atoms with Crippen molar-refractivity contribution >= 4 is 35.0 Å². The van der Waals surface area contributed by atoms with Gasteiger partial charge in [0.1, 0.15) is 18.2 Å². The van der Waals surface area contributed by atoms with Crippen LogP contribution in [0, 0.1) is 0 Å². The lowest BCUT2D eigenvalue weighted by molar-refractivity contribution is -0.127. The van der Waals surface area contributed by atoms with Crippen LogP contribution in [0.5, 0.6) is 0 Å². The molecule has 6 nitrogen and oxygen atoms in total. The molecule has 1 aliphatic heterocycles. The van der Waals surface area contributed by atoms with Gasteiger partial charge in [0.2, 0.25) is 0 Å². The van der Waals surface area contributed by atoms with Gasteiger partial charge in [-0.1, -0.05) is 6.07 Å². The van der Waals surface area contributed by atoms with E-state index in [0.717, 1.165) is 23.6 Å². The van der Waals surface area contributed by atoms with E-state index in [2.05, 4.69) is 15.3 Å². The molecule has 1 amide bonds. The van der Waals surface area contributed by atoms with Crippen LogP contribution < -0.4 is 5.32 Å². The summed E-state index contributed by atoms with van der Waals surface area (Å²) in [5.41, 5.74) is 0.942. The van der Waals surface area contributed by atoms with Crippen LogP contribution in [0.25, 0.3) is 5.82 Å². The fraction of sp³-hybridized carbons (Fsp3) is 0.333. The Morgan fingerprint density at radius 2 is 2.30 bits per heavy atom. The molecule has 1 N–H and O–H groups in total. The molecule has 1 aliphatic rings. The molecule has 3 rings (SSSR count). The van der Waals surface area contributed by atoms with Gasteiger partial charge in [-0.2, -0.15) is 11.8 Å². The number of pyridine rings is 1. The molecular weight excluding hydrogens is 330 g/mol. The summed E-state index contributed by atoms with van der Waals surface area (Å²) in [5, 5.41) is 3.60. The number of thioether (sulfide) groups is 1. The zero-order valence-corrected chi connectivity index (χ0v) is 14.3. The summed E-state index contributed by atoms with van der Waals surface area (Å²) < 4.78 is 1.83. The molecule has 1 saturated heterocycles. The maximum absolute atomic E-state index is 12.4. The van der Waals surface area contributed by atoms with Crippen LogP contribution in [0.3, 0.4) is 0 Å². The third-order valence-electron chi connectivity index (χ3n) is 3.64. The van der Waals surface area contributed by atoms with Gasteiger partial charge in [0.15, 0.2) is 5.11 Å². The summed E-state index contributed by atoms with van der Waals surface area (Å²) in [6, 6.07) is 3.65. The second kappa shape index (κ2) is 7.10. The molecule has 8 heteroatoms. The third kappa shape index (κ3) is 3.53. The van der Waals surface area contributed by atoms with E-state index in [1.807, 2.05) is 29.2 Å². The van der Waals surface area contributed by atoms with Crippen molar-refractivity contribution in [1.29, 1.82) is 0 Å². The predicted molar refractivity (Wildman–Crippen MR) is 94.4 cm³/mol. The lowest BCUT2D eigenvalue weighted by atomic mass is 10.2.